The van der Waals surface area contributed by atoms with Crippen molar-refractivity contribution in [2.75, 3.05) is 54.4 Å². The lowest BCUT2D eigenvalue weighted by Crippen LogP contribution is -2.50. The van der Waals surface area contributed by atoms with E-state index >= 15 is 0 Å². The minimum atomic E-state index is -0.0945. The van der Waals surface area contributed by atoms with Crippen LogP contribution in [0, 0.1) is 18.3 Å². The Balaban J connectivity index is 1.58. The first-order chi connectivity index (χ1) is 14.0. The Bertz CT molecular complexity index is 875. The van der Waals surface area contributed by atoms with Crippen LogP contribution in [0.2, 0.25) is 0 Å². The molecule has 1 heterocycles. The Labute approximate surface area is 173 Å². The quantitative estimate of drug-likeness (QED) is 0.835. The molecule has 2 aromatic rings. The van der Waals surface area contributed by atoms with E-state index in [0.717, 1.165) is 26.2 Å². The monoisotopic (exact) mass is 391 g/mol. The molecular weight excluding hydrogens is 362 g/mol. The lowest BCUT2D eigenvalue weighted by atomic mass is 10.1. The highest BCUT2D eigenvalue weighted by atomic mass is 16.2. The normalized spacial score (nSPS) is 13.7. The summed E-state index contributed by atoms with van der Waals surface area (Å²) in [6.45, 7) is 11.5. The Hall–Kier alpha value is -3.20. The van der Waals surface area contributed by atoms with Gasteiger partial charge in [-0.15, -0.1) is 0 Å². The predicted octanol–water partition coefficient (Wildman–Crippen LogP) is 4.07. The van der Waals surface area contributed by atoms with Gasteiger partial charge in [0.25, 0.3) is 0 Å². The van der Waals surface area contributed by atoms with Gasteiger partial charge in [0.15, 0.2) is 0 Å². The van der Waals surface area contributed by atoms with Crippen LogP contribution in [0.1, 0.15) is 25.0 Å². The van der Waals surface area contributed by atoms with E-state index < -0.39 is 0 Å². The van der Waals surface area contributed by atoms with Crippen LogP contribution in [0.15, 0.2) is 42.5 Å². The molecular formula is C23H29N5O. The molecule has 2 amide bonds. The molecule has 3 rings (SSSR count). The van der Waals surface area contributed by atoms with Gasteiger partial charge in [0.2, 0.25) is 0 Å². The van der Waals surface area contributed by atoms with Crippen molar-refractivity contribution in [3.05, 3.63) is 53.6 Å². The van der Waals surface area contributed by atoms with Crippen molar-refractivity contribution in [1.29, 1.82) is 5.26 Å². The molecule has 2 aromatic carbocycles. The van der Waals surface area contributed by atoms with Gasteiger partial charge in [0.1, 0.15) is 0 Å². The maximum Gasteiger partial charge on any atom is 0.321 e. The molecule has 0 aliphatic carbocycles. The molecule has 29 heavy (non-hydrogen) atoms. The highest BCUT2D eigenvalue weighted by Gasteiger charge is 2.22. The van der Waals surface area contributed by atoms with Gasteiger partial charge in [-0.3, -0.25) is 0 Å². The van der Waals surface area contributed by atoms with Crippen molar-refractivity contribution in [2.45, 2.75) is 20.8 Å². The Morgan fingerprint density at radius 3 is 2.28 bits per heavy atom. The van der Waals surface area contributed by atoms with Crippen LogP contribution in [0.5, 0.6) is 0 Å². The molecule has 1 aliphatic rings. The molecule has 0 radical (unpaired) electrons. The summed E-state index contributed by atoms with van der Waals surface area (Å²) in [5.74, 6) is 0. The minimum Gasteiger partial charge on any atom is -0.372 e. The number of amides is 2. The summed E-state index contributed by atoms with van der Waals surface area (Å²) in [6.07, 6.45) is 0. The van der Waals surface area contributed by atoms with E-state index in [-0.39, 0.29) is 6.03 Å². The van der Waals surface area contributed by atoms with E-state index in [1.165, 1.54) is 16.9 Å². The number of nitriles is 1. The van der Waals surface area contributed by atoms with Gasteiger partial charge in [0.05, 0.1) is 11.6 Å². The highest BCUT2D eigenvalue weighted by Crippen LogP contribution is 2.26. The maximum atomic E-state index is 12.5. The van der Waals surface area contributed by atoms with Gasteiger partial charge in [-0.1, -0.05) is 0 Å². The van der Waals surface area contributed by atoms with Crippen LogP contribution >= 0.6 is 0 Å². The van der Waals surface area contributed by atoms with Crippen molar-refractivity contribution < 1.29 is 4.79 Å². The lowest BCUT2D eigenvalue weighted by molar-refractivity contribution is 0.208. The highest BCUT2D eigenvalue weighted by molar-refractivity contribution is 5.89. The van der Waals surface area contributed by atoms with Crippen molar-refractivity contribution in [2.24, 2.45) is 0 Å². The van der Waals surface area contributed by atoms with Crippen LogP contribution < -0.4 is 15.1 Å². The fourth-order valence-corrected chi connectivity index (χ4v) is 3.76. The number of carbonyl (C=O) groups is 1. The van der Waals surface area contributed by atoms with E-state index in [0.29, 0.717) is 24.3 Å². The number of anilines is 3. The summed E-state index contributed by atoms with van der Waals surface area (Å²) in [5.41, 5.74) is 5.06. The molecule has 0 saturated carbocycles. The van der Waals surface area contributed by atoms with Crippen LogP contribution in [0.4, 0.5) is 21.9 Å². The fourth-order valence-electron chi connectivity index (χ4n) is 3.76. The second-order valence-electron chi connectivity index (χ2n) is 7.24. The van der Waals surface area contributed by atoms with Crippen molar-refractivity contribution in [1.82, 2.24) is 4.90 Å². The fraction of sp³-hybridized carbons (Fsp3) is 0.391. The molecule has 6 nitrogen and oxygen atoms in total. The van der Waals surface area contributed by atoms with Crippen molar-refractivity contribution in [3.8, 4) is 6.07 Å². The molecule has 152 valence electrons. The number of nitrogens with one attached hydrogen (secondary N) is 1. The second kappa shape index (κ2) is 9.33. The van der Waals surface area contributed by atoms with Crippen molar-refractivity contribution >= 4 is 23.1 Å². The van der Waals surface area contributed by atoms with Crippen LogP contribution in [-0.4, -0.2) is 50.2 Å². The number of hydrogen-bond acceptors (Lipinski definition) is 4. The standard InChI is InChI=1S/C23H29N5O/c1-4-26(5-2)21-10-11-22(18(3)16-21)27-12-14-28(15-13-27)23(29)25-20-8-6-19(17-24)7-9-20/h6-11,16H,4-5,12-15H2,1-3H3,(H,25,29). The summed E-state index contributed by atoms with van der Waals surface area (Å²) in [7, 11) is 0. The average Bonchev–Trinajstić information content (AvgIpc) is 2.75. The molecule has 1 aliphatic heterocycles. The van der Waals surface area contributed by atoms with Crippen LogP contribution in [0.25, 0.3) is 0 Å². The SMILES string of the molecule is CCN(CC)c1ccc(N2CCN(C(=O)Nc3ccc(C#N)cc3)CC2)c(C)c1. The number of nitrogens with zero attached hydrogens (tertiary/aromatic N) is 4. The molecule has 0 spiro atoms. The minimum absolute atomic E-state index is 0.0945. The number of benzene rings is 2. The third-order valence-corrected chi connectivity index (χ3v) is 5.48. The zero-order chi connectivity index (χ0) is 20.8. The number of carbonyl (C=O) groups excluding carboxylic acids is 1. The Kier molecular flexibility index (Phi) is 6.61. The number of hydrogen-bond donors (Lipinski definition) is 1. The number of aryl methyl sites for hydroxylation is 1. The Morgan fingerprint density at radius 2 is 1.72 bits per heavy atom. The molecule has 0 bridgehead atoms. The number of rotatable bonds is 5. The topological polar surface area (TPSA) is 62.6 Å². The van der Waals surface area contributed by atoms with E-state index in [1.54, 1.807) is 24.3 Å². The maximum absolute atomic E-state index is 12.5. The first-order valence-electron chi connectivity index (χ1n) is 10.2. The van der Waals surface area contributed by atoms with Gasteiger partial charge >= 0.3 is 6.03 Å². The summed E-state index contributed by atoms with van der Waals surface area (Å²) in [6, 6.07) is 15.6. The average molecular weight is 392 g/mol. The van der Waals surface area contributed by atoms with Gasteiger partial charge in [-0.05, 0) is 68.8 Å². The lowest BCUT2D eigenvalue weighted by Gasteiger charge is -2.37. The van der Waals surface area contributed by atoms with Crippen LogP contribution in [0.3, 0.4) is 0 Å². The van der Waals surface area contributed by atoms with Gasteiger partial charge in [-0.25, -0.2) is 4.79 Å². The number of piperazine rings is 1. The molecule has 1 N–H and O–H groups in total. The van der Waals surface area contributed by atoms with Gasteiger partial charge in [-0.2, -0.15) is 5.26 Å². The Morgan fingerprint density at radius 1 is 1.07 bits per heavy atom. The first kappa shape index (κ1) is 20.5. The van der Waals surface area contributed by atoms with E-state index in [9.17, 15) is 4.79 Å². The largest absolute Gasteiger partial charge is 0.372 e. The zero-order valence-corrected chi connectivity index (χ0v) is 17.5. The summed E-state index contributed by atoms with van der Waals surface area (Å²) in [5, 5.41) is 11.8. The summed E-state index contributed by atoms with van der Waals surface area (Å²) < 4.78 is 0. The smallest absolute Gasteiger partial charge is 0.321 e. The van der Waals surface area contributed by atoms with E-state index in [4.69, 9.17) is 5.26 Å². The molecule has 1 saturated heterocycles. The third kappa shape index (κ3) is 4.80. The molecule has 0 unspecified atom stereocenters. The van der Waals surface area contributed by atoms with Gasteiger partial charge in [0, 0.05) is 56.3 Å². The molecule has 1 fully saturated rings. The zero-order valence-electron chi connectivity index (χ0n) is 17.5. The summed E-state index contributed by atoms with van der Waals surface area (Å²) in [4.78, 5) is 19.1. The van der Waals surface area contributed by atoms with Gasteiger partial charge < -0.3 is 20.0 Å². The molecule has 0 atom stereocenters. The summed E-state index contributed by atoms with van der Waals surface area (Å²) >= 11 is 0. The van der Waals surface area contributed by atoms with E-state index in [1.807, 2.05) is 4.90 Å². The predicted molar refractivity (Wildman–Crippen MR) is 119 cm³/mol. The molecule has 0 aromatic heterocycles. The van der Waals surface area contributed by atoms with Crippen molar-refractivity contribution in [3.63, 3.8) is 0 Å². The molecule has 6 heteroatoms. The second-order valence-corrected chi connectivity index (χ2v) is 7.24. The first-order valence-corrected chi connectivity index (χ1v) is 10.2. The third-order valence-electron chi connectivity index (χ3n) is 5.48. The van der Waals surface area contributed by atoms with Crippen LogP contribution in [-0.2, 0) is 0 Å². The van der Waals surface area contributed by atoms with E-state index in [2.05, 4.69) is 60.2 Å². The number of urea groups is 1.